The maximum Gasteiger partial charge on any atom is 0.248 e. The highest BCUT2D eigenvalue weighted by Gasteiger charge is 2.06. The SMILES string of the molecule is C=CC(=O)Nc1ccc(Cn2ccc(-c3cccc(-c4ccccc4)c3)n2)cn1. The Labute approximate surface area is 169 Å². The van der Waals surface area contributed by atoms with Crippen LogP contribution in [0.4, 0.5) is 5.82 Å². The lowest BCUT2D eigenvalue weighted by molar-refractivity contribution is -0.111. The Hall–Kier alpha value is -3.99. The van der Waals surface area contributed by atoms with E-state index >= 15 is 0 Å². The van der Waals surface area contributed by atoms with Crippen molar-refractivity contribution in [2.45, 2.75) is 6.54 Å². The van der Waals surface area contributed by atoms with Crippen molar-refractivity contribution in [1.82, 2.24) is 14.8 Å². The molecule has 0 radical (unpaired) electrons. The second-order valence-corrected chi connectivity index (χ2v) is 6.59. The normalized spacial score (nSPS) is 10.5. The molecule has 5 nitrogen and oxygen atoms in total. The van der Waals surface area contributed by atoms with E-state index in [9.17, 15) is 4.79 Å². The van der Waals surface area contributed by atoms with Gasteiger partial charge in [0.2, 0.25) is 5.91 Å². The predicted molar refractivity (Wildman–Crippen MR) is 115 cm³/mol. The third-order valence-corrected chi connectivity index (χ3v) is 4.51. The summed E-state index contributed by atoms with van der Waals surface area (Å²) in [6.45, 7) is 4.03. The molecule has 29 heavy (non-hydrogen) atoms. The number of nitrogens with zero attached hydrogens (tertiary/aromatic N) is 3. The largest absolute Gasteiger partial charge is 0.307 e. The lowest BCUT2D eigenvalue weighted by Gasteiger charge is -2.05. The molecule has 0 saturated carbocycles. The van der Waals surface area contributed by atoms with Crippen LogP contribution in [-0.4, -0.2) is 20.7 Å². The number of hydrogen-bond acceptors (Lipinski definition) is 3. The van der Waals surface area contributed by atoms with Gasteiger partial charge in [0.05, 0.1) is 12.2 Å². The molecule has 1 amide bonds. The van der Waals surface area contributed by atoms with Gasteiger partial charge in [-0.3, -0.25) is 9.48 Å². The van der Waals surface area contributed by atoms with Gasteiger partial charge in [-0.2, -0.15) is 5.10 Å². The number of benzene rings is 2. The van der Waals surface area contributed by atoms with E-state index in [0.717, 1.165) is 16.8 Å². The number of amides is 1. The summed E-state index contributed by atoms with van der Waals surface area (Å²) in [5, 5.41) is 7.34. The highest BCUT2D eigenvalue weighted by atomic mass is 16.1. The zero-order chi connectivity index (χ0) is 20.1. The molecular formula is C24H20N4O. The average molecular weight is 380 g/mol. The molecule has 0 unspecified atom stereocenters. The summed E-state index contributed by atoms with van der Waals surface area (Å²) >= 11 is 0. The third kappa shape index (κ3) is 4.47. The minimum absolute atomic E-state index is 0.278. The molecule has 142 valence electrons. The second-order valence-electron chi connectivity index (χ2n) is 6.59. The van der Waals surface area contributed by atoms with E-state index in [-0.39, 0.29) is 5.91 Å². The van der Waals surface area contributed by atoms with Crippen molar-refractivity contribution in [3.63, 3.8) is 0 Å². The van der Waals surface area contributed by atoms with Gasteiger partial charge in [0.1, 0.15) is 5.82 Å². The minimum atomic E-state index is -0.278. The van der Waals surface area contributed by atoms with Crippen molar-refractivity contribution in [3.8, 4) is 22.4 Å². The monoisotopic (exact) mass is 380 g/mol. The van der Waals surface area contributed by atoms with Gasteiger partial charge in [0, 0.05) is 18.0 Å². The number of aromatic nitrogens is 3. The first-order valence-corrected chi connectivity index (χ1v) is 9.29. The minimum Gasteiger partial charge on any atom is -0.307 e. The van der Waals surface area contributed by atoms with Gasteiger partial charge >= 0.3 is 0 Å². The van der Waals surface area contributed by atoms with Crippen LogP contribution in [-0.2, 0) is 11.3 Å². The maximum absolute atomic E-state index is 11.3. The van der Waals surface area contributed by atoms with E-state index in [1.165, 1.54) is 17.2 Å². The fourth-order valence-electron chi connectivity index (χ4n) is 3.05. The summed E-state index contributed by atoms with van der Waals surface area (Å²) in [7, 11) is 0. The molecule has 0 bridgehead atoms. The number of anilines is 1. The number of nitrogens with one attached hydrogen (secondary N) is 1. The van der Waals surface area contributed by atoms with Crippen LogP contribution in [0.5, 0.6) is 0 Å². The topological polar surface area (TPSA) is 59.8 Å². The van der Waals surface area contributed by atoms with Crippen LogP contribution in [0.25, 0.3) is 22.4 Å². The number of carbonyl (C=O) groups excluding carboxylic acids is 1. The highest BCUT2D eigenvalue weighted by molar-refractivity contribution is 5.98. The van der Waals surface area contributed by atoms with E-state index in [1.54, 1.807) is 12.3 Å². The number of hydrogen-bond donors (Lipinski definition) is 1. The van der Waals surface area contributed by atoms with Crippen LogP contribution in [0.3, 0.4) is 0 Å². The van der Waals surface area contributed by atoms with Crippen molar-refractivity contribution >= 4 is 11.7 Å². The summed E-state index contributed by atoms with van der Waals surface area (Å²) in [6, 6.07) is 24.4. The quantitative estimate of drug-likeness (QED) is 0.490. The molecule has 0 atom stereocenters. The van der Waals surface area contributed by atoms with Gasteiger partial charge in [-0.15, -0.1) is 0 Å². The average Bonchev–Trinajstić information content (AvgIpc) is 3.24. The van der Waals surface area contributed by atoms with Crippen LogP contribution in [0.1, 0.15) is 5.56 Å². The first-order chi connectivity index (χ1) is 14.2. The molecule has 0 aliphatic rings. The molecule has 0 fully saturated rings. The van der Waals surface area contributed by atoms with Gasteiger partial charge in [-0.1, -0.05) is 61.2 Å². The molecule has 1 N–H and O–H groups in total. The Kier molecular flexibility index (Phi) is 5.29. The lowest BCUT2D eigenvalue weighted by Crippen LogP contribution is -2.09. The smallest absolute Gasteiger partial charge is 0.248 e. The molecule has 2 heterocycles. The van der Waals surface area contributed by atoms with Gasteiger partial charge in [-0.05, 0) is 41.0 Å². The lowest BCUT2D eigenvalue weighted by atomic mass is 10.0. The Bertz CT molecular complexity index is 1130. The molecule has 0 aliphatic heterocycles. The Morgan fingerprint density at radius 2 is 1.76 bits per heavy atom. The van der Waals surface area contributed by atoms with E-state index in [0.29, 0.717) is 12.4 Å². The first-order valence-electron chi connectivity index (χ1n) is 9.29. The fourth-order valence-corrected chi connectivity index (χ4v) is 3.05. The van der Waals surface area contributed by atoms with E-state index in [1.807, 2.05) is 41.2 Å². The Balaban J connectivity index is 1.49. The van der Waals surface area contributed by atoms with Crippen LogP contribution in [0.15, 0.2) is 97.8 Å². The summed E-state index contributed by atoms with van der Waals surface area (Å²) in [6.07, 6.45) is 4.90. The van der Waals surface area contributed by atoms with Crippen LogP contribution in [0, 0.1) is 0 Å². The highest BCUT2D eigenvalue weighted by Crippen LogP contribution is 2.25. The summed E-state index contributed by atoms with van der Waals surface area (Å²) < 4.78 is 1.88. The second kappa shape index (κ2) is 8.35. The molecule has 0 saturated heterocycles. The van der Waals surface area contributed by atoms with E-state index < -0.39 is 0 Å². The molecule has 5 heteroatoms. The van der Waals surface area contributed by atoms with Gasteiger partial charge in [-0.25, -0.2) is 4.98 Å². The first kappa shape index (κ1) is 18.4. The van der Waals surface area contributed by atoms with Crippen LogP contribution < -0.4 is 5.32 Å². The number of carbonyl (C=O) groups is 1. The van der Waals surface area contributed by atoms with Crippen molar-refractivity contribution in [1.29, 1.82) is 0 Å². The fraction of sp³-hybridized carbons (Fsp3) is 0.0417. The van der Waals surface area contributed by atoms with Crippen LogP contribution in [0.2, 0.25) is 0 Å². The molecule has 2 aromatic carbocycles. The summed E-state index contributed by atoms with van der Waals surface area (Å²) in [4.78, 5) is 15.6. The van der Waals surface area contributed by atoms with Gasteiger partial charge in [0.25, 0.3) is 0 Å². The van der Waals surface area contributed by atoms with E-state index in [4.69, 9.17) is 5.10 Å². The molecule has 2 aromatic heterocycles. The zero-order valence-electron chi connectivity index (χ0n) is 15.8. The summed E-state index contributed by atoms with van der Waals surface area (Å²) in [5.41, 5.74) is 5.34. The molecule has 4 rings (SSSR count). The maximum atomic E-state index is 11.3. The van der Waals surface area contributed by atoms with Crippen molar-refractivity contribution < 1.29 is 4.79 Å². The standard InChI is InChI=1S/C24H20N4O/c1-2-24(29)26-23-12-11-18(16-25-23)17-28-14-13-22(27-28)21-10-6-9-20(15-21)19-7-4-3-5-8-19/h2-16H,1,17H2,(H,25,26,29). The van der Waals surface area contributed by atoms with Crippen LogP contribution >= 0.6 is 0 Å². The molecule has 4 aromatic rings. The van der Waals surface area contributed by atoms with E-state index in [2.05, 4.69) is 53.3 Å². The van der Waals surface area contributed by atoms with Gasteiger partial charge < -0.3 is 5.32 Å². The molecule has 0 spiro atoms. The molecule has 0 aliphatic carbocycles. The van der Waals surface area contributed by atoms with Crippen molar-refractivity contribution in [2.75, 3.05) is 5.32 Å². The number of rotatable bonds is 6. The summed E-state index contributed by atoms with van der Waals surface area (Å²) in [5.74, 6) is 0.220. The van der Waals surface area contributed by atoms with Crippen molar-refractivity contribution in [3.05, 3.63) is 103 Å². The third-order valence-electron chi connectivity index (χ3n) is 4.51. The Morgan fingerprint density at radius 3 is 2.52 bits per heavy atom. The van der Waals surface area contributed by atoms with Gasteiger partial charge in [0.15, 0.2) is 0 Å². The number of pyridine rings is 1. The Morgan fingerprint density at radius 1 is 0.966 bits per heavy atom. The predicted octanol–water partition coefficient (Wildman–Crippen LogP) is 4.78. The molecular weight excluding hydrogens is 360 g/mol. The van der Waals surface area contributed by atoms with Crippen molar-refractivity contribution in [2.24, 2.45) is 0 Å². The zero-order valence-corrected chi connectivity index (χ0v) is 15.8.